The van der Waals surface area contributed by atoms with E-state index in [-0.39, 0.29) is 11.7 Å². The number of nitrogens with one attached hydrogen (secondary N) is 2. The molecule has 152 valence electrons. The zero-order chi connectivity index (χ0) is 21.1. The predicted molar refractivity (Wildman–Crippen MR) is 119 cm³/mol. The minimum Gasteiger partial charge on any atom is -0.353 e. The lowest BCUT2D eigenvalue weighted by Crippen LogP contribution is -2.11. The molecule has 5 heteroatoms. The number of nitrogens with zero attached hydrogens (tertiary/aromatic N) is 1. The number of fused-ring (bicyclic) bond motifs is 1. The summed E-state index contributed by atoms with van der Waals surface area (Å²) in [5, 5.41) is 3.82. The van der Waals surface area contributed by atoms with Gasteiger partial charge in [-0.2, -0.15) is 0 Å². The first kappa shape index (κ1) is 19.8. The molecule has 0 spiro atoms. The van der Waals surface area contributed by atoms with Crippen LogP contribution in [0, 0.1) is 19.7 Å². The Bertz CT molecular complexity index is 1180. The minimum atomic E-state index is -0.275. The summed E-state index contributed by atoms with van der Waals surface area (Å²) in [5.74, 6) is -0.298. The first-order valence-electron chi connectivity index (χ1n) is 10.1. The molecule has 0 aliphatic carbocycles. The van der Waals surface area contributed by atoms with Crippen LogP contribution in [-0.4, -0.2) is 15.9 Å². The number of rotatable bonds is 6. The molecular formula is C25H24FN3O. The standard InChI is InChI=1S/C25H24FN3O/c1-16-12-17(2)14-19(13-16)28-24(30)8-5-6-20-21-15-18(26)9-10-22(21)29-25(20)23-7-3-4-11-27-23/h3-4,7,9-15,29H,5-6,8H2,1-2H3,(H,28,30). The Morgan fingerprint density at radius 2 is 1.87 bits per heavy atom. The summed E-state index contributed by atoms with van der Waals surface area (Å²) in [5.41, 5.74) is 6.60. The molecule has 2 aromatic heterocycles. The molecule has 0 atom stereocenters. The lowest BCUT2D eigenvalue weighted by molar-refractivity contribution is -0.116. The Kier molecular flexibility index (Phi) is 5.61. The summed E-state index contributed by atoms with van der Waals surface area (Å²) in [6.07, 6.45) is 3.43. The average molecular weight is 401 g/mol. The molecule has 0 fully saturated rings. The van der Waals surface area contributed by atoms with E-state index in [0.717, 1.165) is 44.7 Å². The van der Waals surface area contributed by atoms with Gasteiger partial charge in [-0.1, -0.05) is 12.1 Å². The first-order chi connectivity index (χ1) is 14.5. The molecule has 4 rings (SSSR count). The van der Waals surface area contributed by atoms with Crippen LogP contribution in [0.1, 0.15) is 29.5 Å². The van der Waals surface area contributed by atoms with E-state index in [0.29, 0.717) is 19.3 Å². The van der Waals surface area contributed by atoms with Crippen molar-refractivity contribution in [2.75, 3.05) is 5.32 Å². The molecule has 2 N–H and O–H groups in total. The van der Waals surface area contributed by atoms with Crippen LogP contribution in [-0.2, 0) is 11.2 Å². The Morgan fingerprint density at radius 1 is 1.07 bits per heavy atom. The van der Waals surface area contributed by atoms with Crippen molar-refractivity contribution in [3.05, 3.63) is 83.3 Å². The van der Waals surface area contributed by atoms with Crippen LogP contribution in [0.5, 0.6) is 0 Å². The molecule has 0 unspecified atom stereocenters. The van der Waals surface area contributed by atoms with Crippen LogP contribution in [0.2, 0.25) is 0 Å². The molecule has 0 aliphatic heterocycles. The van der Waals surface area contributed by atoms with E-state index >= 15 is 0 Å². The molecule has 0 aliphatic rings. The summed E-state index contributed by atoms with van der Waals surface area (Å²) in [6.45, 7) is 4.02. The SMILES string of the molecule is Cc1cc(C)cc(NC(=O)CCCc2c(-c3ccccn3)[nH]c3ccc(F)cc23)c1. The van der Waals surface area contributed by atoms with Gasteiger partial charge < -0.3 is 10.3 Å². The number of pyridine rings is 1. The maximum Gasteiger partial charge on any atom is 0.224 e. The van der Waals surface area contributed by atoms with Gasteiger partial charge in [0, 0.05) is 29.2 Å². The summed E-state index contributed by atoms with van der Waals surface area (Å²) in [7, 11) is 0. The normalized spacial score (nSPS) is 11.0. The number of hydrogen-bond acceptors (Lipinski definition) is 2. The lowest BCUT2D eigenvalue weighted by atomic mass is 10.0. The first-order valence-corrected chi connectivity index (χ1v) is 10.1. The highest BCUT2D eigenvalue weighted by atomic mass is 19.1. The van der Waals surface area contributed by atoms with Gasteiger partial charge in [0.15, 0.2) is 0 Å². The number of H-pyrrole nitrogens is 1. The summed E-state index contributed by atoms with van der Waals surface area (Å²) in [6, 6.07) is 16.5. The van der Waals surface area contributed by atoms with E-state index in [1.54, 1.807) is 18.3 Å². The monoisotopic (exact) mass is 401 g/mol. The van der Waals surface area contributed by atoms with Crippen LogP contribution in [0.25, 0.3) is 22.3 Å². The van der Waals surface area contributed by atoms with Crippen LogP contribution in [0.3, 0.4) is 0 Å². The molecule has 30 heavy (non-hydrogen) atoms. The second kappa shape index (κ2) is 8.49. The molecule has 0 bridgehead atoms. The molecule has 1 amide bonds. The zero-order valence-electron chi connectivity index (χ0n) is 17.1. The molecule has 0 saturated carbocycles. The fraction of sp³-hybridized carbons (Fsp3) is 0.200. The maximum absolute atomic E-state index is 13.9. The lowest BCUT2D eigenvalue weighted by Gasteiger charge is -2.08. The van der Waals surface area contributed by atoms with Gasteiger partial charge in [0.2, 0.25) is 5.91 Å². The number of halogens is 1. The van der Waals surface area contributed by atoms with Gasteiger partial charge in [0.05, 0.1) is 11.4 Å². The number of benzene rings is 2. The smallest absolute Gasteiger partial charge is 0.224 e. The van der Waals surface area contributed by atoms with E-state index in [4.69, 9.17) is 0 Å². The topological polar surface area (TPSA) is 57.8 Å². The maximum atomic E-state index is 13.9. The number of carbonyl (C=O) groups excluding carboxylic acids is 1. The van der Waals surface area contributed by atoms with Crippen LogP contribution < -0.4 is 5.32 Å². The van der Waals surface area contributed by atoms with E-state index in [1.165, 1.54) is 6.07 Å². The molecular weight excluding hydrogens is 377 g/mol. The summed E-state index contributed by atoms with van der Waals surface area (Å²) in [4.78, 5) is 20.3. The third kappa shape index (κ3) is 4.40. The molecule has 2 aromatic carbocycles. The molecule has 4 nitrogen and oxygen atoms in total. The number of carbonyl (C=O) groups is 1. The van der Waals surface area contributed by atoms with Crippen molar-refractivity contribution in [3.63, 3.8) is 0 Å². The van der Waals surface area contributed by atoms with Crippen LogP contribution in [0.15, 0.2) is 60.8 Å². The quantitative estimate of drug-likeness (QED) is 0.420. The fourth-order valence-electron chi connectivity index (χ4n) is 3.90. The van der Waals surface area contributed by atoms with Gasteiger partial charge in [-0.05, 0) is 85.8 Å². The van der Waals surface area contributed by atoms with Gasteiger partial charge in [-0.25, -0.2) is 4.39 Å². The van der Waals surface area contributed by atoms with Crippen molar-refractivity contribution >= 4 is 22.5 Å². The van der Waals surface area contributed by atoms with E-state index < -0.39 is 0 Å². The third-order valence-corrected chi connectivity index (χ3v) is 5.13. The molecule has 2 heterocycles. The Balaban J connectivity index is 1.52. The number of anilines is 1. The van der Waals surface area contributed by atoms with Gasteiger partial charge in [0.25, 0.3) is 0 Å². The van der Waals surface area contributed by atoms with Gasteiger partial charge >= 0.3 is 0 Å². The summed E-state index contributed by atoms with van der Waals surface area (Å²) < 4.78 is 13.9. The van der Waals surface area contributed by atoms with Crippen molar-refractivity contribution in [1.29, 1.82) is 0 Å². The third-order valence-electron chi connectivity index (χ3n) is 5.13. The number of hydrogen-bond donors (Lipinski definition) is 2. The van der Waals surface area contributed by atoms with Crippen molar-refractivity contribution in [1.82, 2.24) is 9.97 Å². The zero-order valence-corrected chi connectivity index (χ0v) is 17.1. The number of aryl methyl sites for hydroxylation is 3. The van der Waals surface area contributed by atoms with E-state index in [9.17, 15) is 9.18 Å². The van der Waals surface area contributed by atoms with Crippen LogP contribution in [0.4, 0.5) is 10.1 Å². The number of amides is 1. The van der Waals surface area contributed by atoms with E-state index in [2.05, 4.69) is 21.4 Å². The number of aromatic nitrogens is 2. The van der Waals surface area contributed by atoms with Gasteiger partial charge in [0.1, 0.15) is 5.82 Å². The fourth-order valence-corrected chi connectivity index (χ4v) is 3.90. The predicted octanol–water partition coefficient (Wildman–Crippen LogP) is 5.95. The molecule has 0 radical (unpaired) electrons. The van der Waals surface area contributed by atoms with Crippen LogP contribution >= 0.6 is 0 Å². The Morgan fingerprint density at radius 3 is 2.60 bits per heavy atom. The Hall–Kier alpha value is -3.47. The van der Waals surface area contributed by atoms with Crippen molar-refractivity contribution < 1.29 is 9.18 Å². The van der Waals surface area contributed by atoms with E-state index in [1.807, 2.05) is 44.2 Å². The second-order valence-corrected chi connectivity index (χ2v) is 7.66. The highest BCUT2D eigenvalue weighted by Gasteiger charge is 2.15. The molecule has 4 aromatic rings. The van der Waals surface area contributed by atoms with Crippen molar-refractivity contribution in [3.8, 4) is 11.4 Å². The van der Waals surface area contributed by atoms with Crippen molar-refractivity contribution in [2.24, 2.45) is 0 Å². The molecule has 0 saturated heterocycles. The highest BCUT2D eigenvalue weighted by molar-refractivity contribution is 5.92. The van der Waals surface area contributed by atoms with Gasteiger partial charge in [-0.3, -0.25) is 9.78 Å². The van der Waals surface area contributed by atoms with Crippen molar-refractivity contribution in [2.45, 2.75) is 33.1 Å². The van der Waals surface area contributed by atoms with Gasteiger partial charge in [-0.15, -0.1) is 0 Å². The number of aromatic amines is 1. The second-order valence-electron chi connectivity index (χ2n) is 7.66. The summed E-state index contributed by atoms with van der Waals surface area (Å²) >= 11 is 0. The largest absolute Gasteiger partial charge is 0.353 e. The Labute approximate surface area is 175 Å². The highest BCUT2D eigenvalue weighted by Crippen LogP contribution is 2.31. The minimum absolute atomic E-state index is 0.0228. The average Bonchev–Trinajstić information content (AvgIpc) is 3.06.